The minimum absolute atomic E-state index is 0.279. The van der Waals surface area contributed by atoms with Gasteiger partial charge in [-0.15, -0.1) is 0 Å². The number of carbonyl (C=O) groups excluding carboxylic acids is 4. The van der Waals surface area contributed by atoms with Gasteiger partial charge in [0.05, 0.1) is 22.3 Å². The first-order chi connectivity index (χ1) is 31.3. The van der Waals surface area contributed by atoms with Crippen molar-refractivity contribution in [2.45, 2.75) is 117 Å². The molecule has 0 heterocycles. The van der Waals surface area contributed by atoms with E-state index in [9.17, 15) is 19.2 Å². The molecule has 64 heavy (non-hydrogen) atoms. The fourth-order valence-electron chi connectivity index (χ4n) is 7.50. The number of hydrogen-bond acceptors (Lipinski definition) is 8. The number of benzene rings is 6. The van der Waals surface area contributed by atoms with Crippen molar-refractivity contribution in [2.24, 2.45) is 0 Å². The second-order valence-electron chi connectivity index (χ2n) is 16.4. The molecule has 0 aliphatic carbocycles. The zero-order chi connectivity index (χ0) is 44.9. The smallest absolute Gasteiger partial charge is 0.343 e. The second kappa shape index (κ2) is 24.9. The Morgan fingerprint density at radius 1 is 0.312 bits per heavy atom. The molecule has 8 nitrogen and oxygen atoms in total. The topological polar surface area (TPSA) is 105 Å². The molecule has 0 unspecified atom stereocenters. The Kier molecular flexibility index (Phi) is 18.3. The fourth-order valence-corrected chi connectivity index (χ4v) is 7.50. The SMILES string of the molecule is CCCCCCCCCc1ccc(C(=O)Oc2ccc(C(=O)Oc3ccc4ccc(OC(=O)c5ccc(OC(=O)c6ccc(CCCCCCCCC)cc6)cc5)cc4c3)cc2)cc1. The lowest BCUT2D eigenvalue weighted by Gasteiger charge is -2.09. The van der Waals surface area contributed by atoms with Crippen molar-refractivity contribution in [3.63, 3.8) is 0 Å². The molecule has 0 N–H and O–H groups in total. The van der Waals surface area contributed by atoms with Gasteiger partial charge in [0.2, 0.25) is 0 Å². The van der Waals surface area contributed by atoms with Crippen molar-refractivity contribution in [2.75, 3.05) is 0 Å². The normalized spacial score (nSPS) is 11.0. The van der Waals surface area contributed by atoms with Crippen molar-refractivity contribution in [1.29, 1.82) is 0 Å². The number of ether oxygens (including phenoxy) is 4. The Bertz CT molecular complexity index is 2250. The summed E-state index contributed by atoms with van der Waals surface area (Å²) in [5, 5.41) is 1.54. The average molecular weight is 861 g/mol. The molecule has 0 aliphatic rings. The molecule has 0 bridgehead atoms. The number of unbranched alkanes of at least 4 members (excludes halogenated alkanes) is 12. The molecular weight excluding hydrogens is 801 g/mol. The predicted molar refractivity (Wildman–Crippen MR) is 253 cm³/mol. The first-order valence-electron chi connectivity index (χ1n) is 23.1. The molecule has 0 radical (unpaired) electrons. The molecule has 0 atom stereocenters. The highest BCUT2D eigenvalue weighted by molar-refractivity contribution is 5.95. The van der Waals surface area contributed by atoms with Gasteiger partial charge in [-0.1, -0.05) is 127 Å². The van der Waals surface area contributed by atoms with Crippen LogP contribution in [0.1, 0.15) is 156 Å². The first kappa shape index (κ1) is 47.0. The van der Waals surface area contributed by atoms with Crippen molar-refractivity contribution < 1.29 is 38.1 Å². The van der Waals surface area contributed by atoms with Gasteiger partial charge in [0, 0.05) is 0 Å². The highest BCUT2D eigenvalue weighted by Gasteiger charge is 2.15. The Labute approximate surface area is 377 Å². The lowest BCUT2D eigenvalue weighted by molar-refractivity contribution is 0.0720. The summed E-state index contributed by atoms with van der Waals surface area (Å²) in [4.78, 5) is 51.8. The van der Waals surface area contributed by atoms with E-state index in [-0.39, 0.29) is 11.1 Å². The quantitative estimate of drug-likeness (QED) is 0.0337. The lowest BCUT2D eigenvalue weighted by Crippen LogP contribution is -2.10. The maximum atomic E-state index is 13.1. The Balaban J connectivity index is 0.946. The van der Waals surface area contributed by atoms with Crippen LogP contribution in [0.15, 0.2) is 133 Å². The molecule has 8 heteroatoms. The summed E-state index contributed by atoms with van der Waals surface area (Å²) in [6.07, 6.45) is 19.6. The van der Waals surface area contributed by atoms with Gasteiger partial charge >= 0.3 is 23.9 Å². The highest BCUT2D eigenvalue weighted by Crippen LogP contribution is 2.27. The van der Waals surface area contributed by atoms with Gasteiger partial charge in [0.1, 0.15) is 23.0 Å². The minimum Gasteiger partial charge on any atom is -0.423 e. The maximum Gasteiger partial charge on any atom is 0.343 e. The van der Waals surface area contributed by atoms with Gasteiger partial charge in [0.25, 0.3) is 0 Å². The standard InChI is InChI=1S/C56H60O8/c1-3-5-7-9-11-13-15-17-41-19-23-44(24-20-41)53(57)61-49-33-29-46(30-34-49)55(59)63-51-37-27-43-28-38-52(40-48(43)39-51)64-56(60)47-31-35-50(36-32-47)62-54(58)45-25-21-42(22-26-45)18-16-14-12-10-8-6-4-2/h19-40H,3-18H2,1-2H3. The largest absolute Gasteiger partial charge is 0.423 e. The van der Waals surface area contributed by atoms with Crippen LogP contribution in [0.25, 0.3) is 10.8 Å². The summed E-state index contributed by atoms with van der Waals surface area (Å²) < 4.78 is 22.5. The van der Waals surface area contributed by atoms with E-state index in [0.717, 1.165) is 31.1 Å². The zero-order valence-corrected chi connectivity index (χ0v) is 37.3. The third kappa shape index (κ3) is 14.8. The van der Waals surface area contributed by atoms with Crippen molar-refractivity contribution in [3.05, 3.63) is 167 Å². The van der Waals surface area contributed by atoms with E-state index in [1.165, 1.54) is 88.2 Å². The Morgan fingerprint density at radius 3 is 0.938 bits per heavy atom. The van der Waals surface area contributed by atoms with E-state index >= 15 is 0 Å². The molecule has 0 aromatic heterocycles. The lowest BCUT2D eigenvalue weighted by atomic mass is 10.0. The molecule has 0 saturated heterocycles. The van der Waals surface area contributed by atoms with Gasteiger partial charge in [0.15, 0.2) is 0 Å². The summed E-state index contributed by atoms with van der Waals surface area (Å²) >= 11 is 0. The average Bonchev–Trinajstić information content (AvgIpc) is 3.31. The van der Waals surface area contributed by atoms with Gasteiger partial charge < -0.3 is 18.9 Å². The number of hydrogen-bond donors (Lipinski definition) is 0. The second-order valence-corrected chi connectivity index (χ2v) is 16.4. The monoisotopic (exact) mass is 860 g/mol. The molecular formula is C56H60O8. The number of carbonyl (C=O) groups is 4. The Morgan fingerprint density at radius 2 is 0.594 bits per heavy atom. The molecule has 0 spiro atoms. The molecule has 332 valence electrons. The van der Waals surface area contributed by atoms with Crippen LogP contribution in [-0.2, 0) is 12.8 Å². The van der Waals surface area contributed by atoms with Gasteiger partial charge in [-0.25, -0.2) is 19.2 Å². The van der Waals surface area contributed by atoms with Crippen LogP contribution in [0.3, 0.4) is 0 Å². The summed E-state index contributed by atoms with van der Waals surface area (Å²) in [7, 11) is 0. The third-order valence-corrected chi connectivity index (χ3v) is 11.3. The van der Waals surface area contributed by atoms with E-state index in [0.29, 0.717) is 39.5 Å². The first-order valence-corrected chi connectivity index (χ1v) is 23.1. The van der Waals surface area contributed by atoms with Crippen LogP contribution in [0.2, 0.25) is 0 Å². The van der Waals surface area contributed by atoms with Crippen molar-refractivity contribution in [1.82, 2.24) is 0 Å². The van der Waals surface area contributed by atoms with Crippen LogP contribution < -0.4 is 18.9 Å². The number of fused-ring (bicyclic) bond motifs is 1. The summed E-state index contributed by atoms with van der Waals surface area (Å²) in [5.74, 6) is -0.887. The van der Waals surface area contributed by atoms with E-state index in [1.54, 1.807) is 109 Å². The molecule has 0 saturated carbocycles. The highest BCUT2D eigenvalue weighted by atomic mass is 16.5. The summed E-state index contributed by atoms with van der Waals surface area (Å²) in [6.45, 7) is 4.46. The number of aryl methyl sites for hydroxylation is 2. The summed E-state index contributed by atoms with van der Waals surface area (Å²) in [6, 6.07) is 37.8. The van der Waals surface area contributed by atoms with E-state index in [4.69, 9.17) is 18.9 Å². The predicted octanol–water partition coefficient (Wildman–Crippen LogP) is 14.3. The van der Waals surface area contributed by atoms with Crippen LogP contribution in [0.4, 0.5) is 0 Å². The van der Waals surface area contributed by atoms with Gasteiger partial charge in [-0.3, -0.25) is 0 Å². The molecule has 6 aromatic carbocycles. The summed E-state index contributed by atoms with van der Waals surface area (Å²) in [5.41, 5.74) is 3.88. The van der Waals surface area contributed by atoms with Crippen LogP contribution in [0, 0.1) is 0 Å². The molecule has 0 fully saturated rings. The van der Waals surface area contributed by atoms with E-state index in [2.05, 4.69) is 13.8 Å². The Hall–Kier alpha value is -6.54. The molecule has 0 amide bonds. The minimum atomic E-state index is -0.586. The van der Waals surface area contributed by atoms with Crippen LogP contribution in [-0.4, -0.2) is 23.9 Å². The fraction of sp³-hybridized carbons (Fsp3) is 0.321. The molecule has 0 aliphatic heterocycles. The number of esters is 4. The third-order valence-electron chi connectivity index (χ3n) is 11.3. The van der Waals surface area contributed by atoms with Gasteiger partial charge in [-0.05, 0) is 145 Å². The van der Waals surface area contributed by atoms with Crippen LogP contribution >= 0.6 is 0 Å². The molecule has 6 aromatic rings. The molecule has 6 rings (SSSR count). The van der Waals surface area contributed by atoms with Gasteiger partial charge in [-0.2, -0.15) is 0 Å². The zero-order valence-electron chi connectivity index (χ0n) is 37.3. The van der Waals surface area contributed by atoms with Crippen LogP contribution in [0.5, 0.6) is 23.0 Å². The van der Waals surface area contributed by atoms with Crippen molar-refractivity contribution in [3.8, 4) is 23.0 Å². The number of rotatable bonds is 24. The van der Waals surface area contributed by atoms with E-state index < -0.39 is 23.9 Å². The van der Waals surface area contributed by atoms with E-state index in [1.807, 2.05) is 24.3 Å². The maximum absolute atomic E-state index is 13.1. The van der Waals surface area contributed by atoms with Crippen molar-refractivity contribution >= 4 is 34.6 Å².